The molecule has 1 aromatic heterocycles. The van der Waals surface area contributed by atoms with Crippen LogP contribution in [0, 0.1) is 0 Å². The van der Waals surface area contributed by atoms with Crippen molar-refractivity contribution in [2.45, 2.75) is 0 Å². The molecule has 2 rings (SSSR count). The molecule has 0 atom stereocenters. The number of carboxylic acid groups (broad SMARTS) is 1. The van der Waals surface area contributed by atoms with Crippen LogP contribution in [-0.4, -0.2) is 29.1 Å². The number of carbonyl (C=O) groups is 2. The summed E-state index contributed by atoms with van der Waals surface area (Å²) in [5, 5.41) is 12.0. The van der Waals surface area contributed by atoms with Gasteiger partial charge in [-0.05, 0) is 24.3 Å². The molecule has 0 fully saturated rings. The van der Waals surface area contributed by atoms with Gasteiger partial charge in [-0.3, -0.25) is 9.78 Å². The number of nitrogens with zero attached hydrogens (tertiary/aromatic N) is 1. The van der Waals surface area contributed by atoms with Crippen molar-refractivity contribution < 1.29 is 19.4 Å². The minimum atomic E-state index is -1.22. The highest BCUT2D eigenvalue weighted by Crippen LogP contribution is 2.27. The molecule has 1 amide bonds. The molecule has 21 heavy (non-hydrogen) atoms. The predicted octanol–water partition coefficient (Wildman–Crippen LogP) is 2.69. The number of rotatable bonds is 4. The molecule has 0 aliphatic heterocycles. The summed E-state index contributed by atoms with van der Waals surface area (Å²) in [4.78, 5) is 27.0. The Morgan fingerprint density at radius 2 is 2.10 bits per heavy atom. The first kappa shape index (κ1) is 14.8. The molecule has 0 saturated heterocycles. The first-order valence-corrected chi connectivity index (χ1v) is 6.24. The molecular weight excluding hydrogens is 296 g/mol. The van der Waals surface area contributed by atoms with Gasteiger partial charge in [-0.2, -0.15) is 0 Å². The zero-order valence-electron chi connectivity index (χ0n) is 11.0. The number of methoxy groups -OCH3 is 1. The Balaban J connectivity index is 2.28. The van der Waals surface area contributed by atoms with Crippen LogP contribution in [0.25, 0.3) is 0 Å². The first-order valence-electron chi connectivity index (χ1n) is 5.86. The first-order chi connectivity index (χ1) is 10.0. The van der Waals surface area contributed by atoms with Gasteiger partial charge in [0.25, 0.3) is 5.91 Å². The maximum absolute atomic E-state index is 12.1. The number of halogens is 1. The third-order valence-electron chi connectivity index (χ3n) is 2.66. The highest BCUT2D eigenvalue weighted by atomic mass is 35.5. The van der Waals surface area contributed by atoms with Crippen LogP contribution in [0.5, 0.6) is 5.75 Å². The van der Waals surface area contributed by atoms with E-state index in [1.807, 2.05) is 0 Å². The van der Waals surface area contributed by atoms with E-state index in [4.69, 9.17) is 21.4 Å². The summed E-state index contributed by atoms with van der Waals surface area (Å²) in [7, 11) is 1.45. The Labute approximate surface area is 125 Å². The molecule has 0 spiro atoms. The van der Waals surface area contributed by atoms with Gasteiger partial charge in [-0.1, -0.05) is 11.6 Å². The number of hydrogen-bond acceptors (Lipinski definition) is 4. The molecule has 0 aliphatic carbocycles. The molecule has 0 bridgehead atoms. The summed E-state index contributed by atoms with van der Waals surface area (Å²) in [6, 6.07) is 7.43. The second-order valence-corrected chi connectivity index (χ2v) is 4.42. The summed E-state index contributed by atoms with van der Waals surface area (Å²) in [6.45, 7) is 0. The van der Waals surface area contributed by atoms with Gasteiger partial charge in [0.15, 0.2) is 0 Å². The standard InChI is InChI=1S/C14H11ClN2O4/c1-21-11-7-8(4-5-10(11)15)17-13(18)12-9(14(19)20)3-2-6-16-12/h2-7H,1H3,(H,17,18)(H,19,20). The van der Waals surface area contributed by atoms with E-state index in [0.29, 0.717) is 16.5 Å². The number of hydrogen-bond donors (Lipinski definition) is 2. The van der Waals surface area contributed by atoms with Crippen molar-refractivity contribution in [1.82, 2.24) is 4.98 Å². The average Bonchev–Trinajstić information content (AvgIpc) is 2.49. The lowest BCUT2D eigenvalue weighted by Gasteiger charge is -2.09. The van der Waals surface area contributed by atoms with Crippen LogP contribution in [0.1, 0.15) is 20.8 Å². The summed E-state index contributed by atoms with van der Waals surface area (Å²) in [5.41, 5.74) is 0.0816. The van der Waals surface area contributed by atoms with E-state index in [2.05, 4.69) is 10.3 Å². The van der Waals surface area contributed by atoms with Gasteiger partial charge in [0, 0.05) is 18.0 Å². The van der Waals surface area contributed by atoms with Gasteiger partial charge in [0.1, 0.15) is 11.4 Å². The van der Waals surface area contributed by atoms with E-state index >= 15 is 0 Å². The van der Waals surface area contributed by atoms with Crippen LogP contribution in [0.15, 0.2) is 36.5 Å². The van der Waals surface area contributed by atoms with Crippen molar-refractivity contribution in [3.05, 3.63) is 52.8 Å². The lowest BCUT2D eigenvalue weighted by Crippen LogP contribution is -2.18. The third kappa shape index (κ3) is 3.29. The molecule has 0 saturated carbocycles. The van der Waals surface area contributed by atoms with Gasteiger partial charge in [-0.25, -0.2) is 4.79 Å². The van der Waals surface area contributed by atoms with E-state index in [-0.39, 0.29) is 11.3 Å². The Kier molecular flexibility index (Phi) is 4.39. The van der Waals surface area contributed by atoms with Gasteiger partial charge in [-0.15, -0.1) is 0 Å². The molecule has 0 unspecified atom stereocenters. The zero-order chi connectivity index (χ0) is 15.4. The Morgan fingerprint density at radius 3 is 2.76 bits per heavy atom. The fraction of sp³-hybridized carbons (Fsp3) is 0.0714. The largest absolute Gasteiger partial charge is 0.495 e. The minimum absolute atomic E-state index is 0.168. The fourth-order valence-electron chi connectivity index (χ4n) is 1.69. The number of carbonyl (C=O) groups excluding carboxylic acids is 1. The summed E-state index contributed by atoms with van der Waals surface area (Å²) < 4.78 is 5.04. The number of pyridine rings is 1. The van der Waals surface area contributed by atoms with Crippen molar-refractivity contribution in [2.75, 3.05) is 12.4 Å². The van der Waals surface area contributed by atoms with Crippen LogP contribution in [0.4, 0.5) is 5.69 Å². The number of anilines is 1. The lowest BCUT2D eigenvalue weighted by atomic mass is 10.2. The lowest BCUT2D eigenvalue weighted by molar-refractivity contribution is 0.0691. The van der Waals surface area contributed by atoms with Gasteiger partial charge >= 0.3 is 5.97 Å². The number of nitrogens with one attached hydrogen (secondary N) is 1. The van der Waals surface area contributed by atoms with E-state index in [9.17, 15) is 9.59 Å². The average molecular weight is 307 g/mol. The molecule has 6 nitrogen and oxygen atoms in total. The monoisotopic (exact) mass is 306 g/mol. The molecule has 108 valence electrons. The number of benzene rings is 1. The van der Waals surface area contributed by atoms with Crippen molar-refractivity contribution in [2.24, 2.45) is 0 Å². The van der Waals surface area contributed by atoms with Crippen LogP contribution in [0.3, 0.4) is 0 Å². The van der Waals surface area contributed by atoms with Crippen molar-refractivity contribution >= 4 is 29.2 Å². The third-order valence-corrected chi connectivity index (χ3v) is 2.97. The molecule has 2 N–H and O–H groups in total. The maximum atomic E-state index is 12.1. The fourth-order valence-corrected chi connectivity index (χ4v) is 1.88. The van der Waals surface area contributed by atoms with E-state index in [1.54, 1.807) is 12.1 Å². The molecule has 7 heteroatoms. The van der Waals surface area contributed by atoms with Crippen LogP contribution in [0.2, 0.25) is 5.02 Å². The Bertz CT molecular complexity index is 703. The van der Waals surface area contributed by atoms with Crippen LogP contribution < -0.4 is 10.1 Å². The smallest absolute Gasteiger partial charge is 0.338 e. The summed E-state index contributed by atoms with van der Waals surface area (Å²) >= 11 is 5.89. The zero-order valence-corrected chi connectivity index (χ0v) is 11.7. The van der Waals surface area contributed by atoms with Crippen molar-refractivity contribution in [3.63, 3.8) is 0 Å². The van der Waals surface area contributed by atoms with Crippen LogP contribution in [-0.2, 0) is 0 Å². The second kappa shape index (κ2) is 6.23. The normalized spacial score (nSPS) is 10.0. The van der Waals surface area contributed by atoms with Crippen molar-refractivity contribution in [3.8, 4) is 5.75 Å². The van der Waals surface area contributed by atoms with Crippen LogP contribution >= 0.6 is 11.6 Å². The van der Waals surface area contributed by atoms with Crippen molar-refractivity contribution in [1.29, 1.82) is 0 Å². The van der Waals surface area contributed by atoms with E-state index in [1.165, 1.54) is 31.5 Å². The molecule has 0 radical (unpaired) electrons. The predicted molar refractivity (Wildman–Crippen MR) is 77.2 cm³/mol. The molecule has 2 aromatic rings. The SMILES string of the molecule is COc1cc(NC(=O)c2ncccc2C(=O)O)ccc1Cl. The van der Waals surface area contributed by atoms with Gasteiger partial charge < -0.3 is 15.2 Å². The second-order valence-electron chi connectivity index (χ2n) is 4.01. The Morgan fingerprint density at radius 1 is 1.33 bits per heavy atom. The number of aromatic nitrogens is 1. The quantitative estimate of drug-likeness (QED) is 0.906. The summed E-state index contributed by atoms with van der Waals surface area (Å²) in [5.74, 6) is -1.45. The highest BCUT2D eigenvalue weighted by Gasteiger charge is 2.18. The minimum Gasteiger partial charge on any atom is -0.495 e. The number of ether oxygens (including phenoxy) is 1. The maximum Gasteiger partial charge on any atom is 0.338 e. The molecule has 1 heterocycles. The highest BCUT2D eigenvalue weighted by molar-refractivity contribution is 6.32. The van der Waals surface area contributed by atoms with E-state index < -0.39 is 11.9 Å². The molecule has 0 aliphatic rings. The molecule has 1 aromatic carbocycles. The van der Waals surface area contributed by atoms with E-state index in [0.717, 1.165) is 0 Å². The number of carboxylic acids is 1. The topological polar surface area (TPSA) is 88.5 Å². The Hall–Kier alpha value is -2.60. The summed E-state index contributed by atoms with van der Waals surface area (Å²) in [6.07, 6.45) is 1.35. The number of aromatic carboxylic acids is 1. The number of amides is 1. The van der Waals surface area contributed by atoms with Gasteiger partial charge in [0.2, 0.25) is 0 Å². The molecular formula is C14H11ClN2O4. The van der Waals surface area contributed by atoms with Gasteiger partial charge in [0.05, 0.1) is 17.7 Å².